The molecule has 1 heterocycles. The smallest absolute Gasteiger partial charge is 0.238 e. The lowest BCUT2D eigenvalue weighted by atomic mass is 10.2. The van der Waals surface area contributed by atoms with Crippen LogP contribution in [0.15, 0.2) is 24.3 Å². The molecule has 1 atom stereocenters. The second-order valence-electron chi connectivity index (χ2n) is 4.44. The normalized spacial score (nSPS) is 20.2. The molecule has 2 rings (SSSR count). The molecular formula is C13H17ClN2O3. The van der Waals surface area contributed by atoms with Gasteiger partial charge in [-0.1, -0.05) is 23.7 Å². The Bertz CT molecular complexity index is 442. The van der Waals surface area contributed by atoms with Crippen molar-refractivity contribution in [3.05, 3.63) is 29.3 Å². The van der Waals surface area contributed by atoms with E-state index in [-0.39, 0.29) is 25.2 Å². The molecule has 0 bridgehead atoms. The van der Waals surface area contributed by atoms with Crippen molar-refractivity contribution in [1.29, 1.82) is 0 Å². The highest BCUT2D eigenvalue weighted by molar-refractivity contribution is 6.33. The van der Waals surface area contributed by atoms with Gasteiger partial charge >= 0.3 is 0 Å². The molecule has 104 valence electrons. The number of hydrogen-bond acceptors (Lipinski definition) is 4. The van der Waals surface area contributed by atoms with Gasteiger partial charge in [0.15, 0.2) is 0 Å². The second-order valence-corrected chi connectivity index (χ2v) is 4.85. The number of para-hydroxylation sites is 1. The maximum absolute atomic E-state index is 11.9. The summed E-state index contributed by atoms with van der Waals surface area (Å²) in [7, 11) is 0. The van der Waals surface area contributed by atoms with Crippen LogP contribution in [0.4, 0.5) is 5.69 Å². The number of carbonyl (C=O) groups excluding carboxylic acids is 1. The molecular weight excluding hydrogens is 268 g/mol. The zero-order valence-corrected chi connectivity index (χ0v) is 11.3. The largest absolute Gasteiger partial charge is 0.394 e. The second kappa shape index (κ2) is 6.86. The van der Waals surface area contributed by atoms with Crippen LogP contribution in [0.2, 0.25) is 5.02 Å². The van der Waals surface area contributed by atoms with Crippen LogP contribution in [-0.4, -0.2) is 54.9 Å². The molecule has 1 fully saturated rings. The lowest BCUT2D eigenvalue weighted by molar-refractivity contribution is -0.120. The monoisotopic (exact) mass is 284 g/mol. The molecule has 1 aliphatic rings. The Morgan fingerprint density at radius 1 is 1.53 bits per heavy atom. The van der Waals surface area contributed by atoms with E-state index in [4.69, 9.17) is 21.4 Å². The predicted octanol–water partition coefficient (Wildman–Crippen LogP) is 0.972. The maximum atomic E-state index is 11.9. The van der Waals surface area contributed by atoms with E-state index >= 15 is 0 Å². The Morgan fingerprint density at radius 2 is 2.32 bits per heavy atom. The van der Waals surface area contributed by atoms with Gasteiger partial charge in [0.2, 0.25) is 5.91 Å². The standard InChI is InChI=1S/C13H17ClN2O3/c14-11-3-1-2-4-12(11)15-13(18)8-16-5-6-19-10(7-16)9-17/h1-4,10,17H,5-9H2,(H,15,18). The summed E-state index contributed by atoms with van der Waals surface area (Å²) in [5, 5.41) is 12.3. The van der Waals surface area contributed by atoms with Crippen LogP contribution in [-0.2, 0) is 9.53 Å². The number of hydrogen-bond donors (Lipinski definition) is 2. The van der Waals surface area contributed by atoms with E-state index in [1.54, 1.807) is 12.1 Å². The number of carbonyl (C=O) groups is 1. The zero-order chi connectivity index (χ0) is 13.7. The van der Waals surface area contributed by atoms with Crippen LogP contribution < -0.4 is 5.32 Å². The molecule has 0 radical (unpaired) electrons. The number of nitrogens with zero attached hydrogens (tertiary/aromatic N) is 1. The fraction of sp³-hybridized carbons (Fsp3) is 0.462. The summed E-state index contributed by atoms with van der Waals surface area (Å²) < 4.78 is 5.33. The van der Waals surface area contributed by atoms with Crippen LogP contribution >= 0.6 is 11.6 Å². The first-order chi connectivity index (χ1) is 9.19. The predicted molar refractivity (Wildman–Crippen MR) is 73.3 cm³/mol. The van der Waals surface area contributed by atoms with Crippen molar-refractivity contribution in [2.75, 3.05) is 38.2 Å². The van der Waals surface area contributed by atoms with Crippen molar-refractivity contribution in [3.8, 4) is 0 Å². The number of anilines is 1. The number of ether oxygens (including phenoxy) is 1. The molecule has 5 nitrogen and oxygen atoms in total. The summed E-state index contributed by atoms with van der Waals surface area (Å²) in [5.41, 5.74) is 0.612. The average Bonchev–Trinajstić information content (AvgIpc) is 2.41. The van der Waals surface area contributed by atoms with Gasteiger partial charge in [-0.15, -0.1) is 0 Å². The van der Waals surface area contributed by atoms with Gasteiger partial charge in [0.1, 0.15) is 0 Å². The molecule has 1 aromatic rings. The highest BCUT2D eigenvalue weighted by Crippen LogP contribution is 2.20. The third-order valence-corrected chi connectivity index (χ3v) is 3.27. The fourth-order valence-electron chi connectivity index (χ4n) is 1.99. The lowest BCUT2D eigenvalue weighted by Gasteiger charge is -2.31. The summed E-state index contributed by atoms with van der Waals surface area (Å²) >= 11 is 5.98. The summed E-state index contributed by atoms with van der Waals surface area (Å²) in [6.07, 6.45) is -0.207. The van der Waals surface area contributed by atoms with Crippen molar-refractivity contribution in [1.82, 2.24) is 4.90 Å². The number of rotatable bonds is 4. The number of aliphatic hydroxyl groups excluding tert-OH is 1. The number of nitrogens with one attached hydrogen (secondary N) is 1. The molecule has 0 aliphatic carbocycles. The van der Waals surface area contributed by atoms with E-state index in [2.05, 4.69) is 5.32 Å². The minimum Gasteiger partial charge on any atom is -0.394 e. The number of amides is 1. The Morgan fingerprint density at radius 3 is 3.05 bits per heavy atom. The molecule has 0 spiro atoms. The third-order valence-electron chi connectivity index (χ3n) is 2.94. The zero-order valence-electron chi connectivity index (χ0n) is 10.5. The van der Waals surface area contributed by atoms with Crippen molar-refractivity contribution < 1.29 is 14.6 Å². The van der Waals surface area contributed by atoms with Gasteiger partial charge in [-0.2, -0.15) is 0 Å². The van der Waals surface area contributed by atoms with E-state index in [0.717, 1.165) is 0 Å². The van der Waals surface area contributed by atoms with Gasteiger partial charge in [-0.05, 0) is 12.1 Å². The van der Waals surface area contributed by atoms with Crippen molar-refractivity contribution >= 4 is 23.2 Å². The van der Waals surface area contributed by atoms with Gasteiger partial charge in [-0.3, -0.25) is 9.69 Å². The first-order valence-corrected chi connectivity index (χ1v) is 6.56. The van der Waals surface area contributed by atoms with E-state index in [1.165, 1.54) is 0 Å². The SMILES string of the molecule is O=C(CN1CCOC(CO)C1)Nc1ccccc1Cl. The maximum Gasteiger partial charge on any atom is 0.238 e. The van der Waals surface area contributed by atoms with Crippen LogP contribution in [0.3, 0.4) is 0 Å². The molecule has 1 aliphatic heterocycles. The molecule has 1 amide bonds. The van der Waals surface area contributed by atoms with Crippen LogP contribution in [0, 0.1) is 0 Å². The molecule has 19 heavy (non-hydrogen) atoms. The molecule has 0 aromatic heterocycles. The summed E-state index contributed by atoms with van der Waals surface area (Å²) in [5.74, 6) is -0.119. The van der Waals surface area contributed by atoms with Gasteiger partial charge < -0.3 is 15.2 Å². The van der Waals surface area contributed by atoms with Crippen molar-refractivity contribution in [2.45, 2.75) is 6.10 Å². The van der Waals surface area contributed by atoms with Crippen molar-refractivity contribution in [2.24, 2.45) is 0 Å². The van der Waals surface area contributed by atoms with Crippen LogP contribution in [0.1, 0.15) is 0 Å². The van der Waals surface area contributed by atoms with E-state index in [9.17, 15) is 4.79 Å². The van der Waals surface area contributed by atoms with Crippen molar-refractivity contribution in [3.63, 3.8) is 0 Å². The summed E-state index contributed by atoms with van der Waals surface area (Å²) in [4.78, 5) is 13.9. The topological polar surface area (TPSA) is 61.8 Å². The fourth-order valence-corrected chi connectivity index (χ4v) is 2.17. The number of halogens is 1. The molecule has 0 saturated carbocycles. The Balaban J connectivity index is 1.86. The van der Waals surface area contributed by atoms with Gasteiger partial charge in [0, 0.05) is 13.1 Å². The van der Waals surface area contributed by atoms with E-state index in [1.807, 2.05) is 17.0 Å². The third kappa shape index (κ3) is 4.18. The summed E-state index contributed by atoms with van der Waals surface area (Å²) in [6.45, 7) is 2.02. The Labute approximate surface area is 117 Å². The van der Waals surface area contributed by atoms with Crippen LogP contribution in [0.25, 0.3) is 0 Å². The summed E-state index contributed by atoms with van der Waals surface area (Å²) in [6, 6.07) is 7.12. The quantitative estimate of drug-likeness (QED) is 0.865. The number of morpholine rings is 1. The molecule has 2 N–H and O–H groups in total. The van der Waals surface area contributed by atoms with Gasteiger partial charge in [0.05, 0.1) is 36.6 Å². The molecule has 1 aromatic carbocycles. The molecule has 1 unspecified atom stereocenters. The highest BCUT2D eigenvalue weighted by Gasteiger charge is 2.21. The Kier molecular flexibility index (Phi) is 5.15. The minimum atomic E-state index is -0.207. The average molecular weight is 285 g/mol. The van der Waals surface area contributed by atoms with Crippen LogP contribution in [0.5, 0.6) is 0 Å². The lowest BCUT2D eigenvalue weighted by Crippen LogP contribution is -2.46. The molecule has 1 saturated heterocycles. The number of benzene rings is 1. The van der Waals surface area contributed by atoms with E-state index < -0.39 is 0 Å². The first kappa shape index (κ1) is 14.3. The number of aliphatic hydroxyl groups is 1. The Hall–Kier alpha value is -1.14. The van der Waals surface area contributed by atoms with Gasteiger partial charge in [-0.25, -0.2) is 0 Å². The van der Waals surface area contributed by atoms with E-state index in [0.29, 0.717) is 30.4 Å². The van der Waals surface area contributed by atoms with Gasteiger partial charge in [0.25, 0.3) is 0 Å². The molecule has 6 heteroatoms. The highest BCUT2D eigenvalue weighted by atomic mass is 35.5. The first-order valence-electron chi connectivity index (χ1n) is 6.18. The minimum absolute atomic E-state index is 0.0252.